The van der Waals surface area contributed by atoms with Gasteiger partial charge >= 0.3 is 19.8 Å². The van der Waals surface area contributed by atoms with Crippen molar-refractivity contribution in [3.05, 3.63) is 90.5 Å². The first-order valence-corrected chi connectivity index (χ1v) is 15.2. The number of nitrogens with one attached hydrogen (secondary N) is 2. The topological polar surface area (TPSA) is 151 Å². The first kappa shape index (κ1) is 33.2. The summed E-state index contributed by atoms with van der Waals surface area (Å²) in [6, 6.07) is 24.2. The van der Waals surface area contributed by atoms with Crippen LogP contribution < -0.4 is 25.4 Å². The van der Waals surface area contributed by atoms with Crippen LogP contribution in [0.3, 0.4) is 0 Å². The Labute approximate surface area is 252 Å². The third-order valence-electron chi connectivity index (χ3n) is 5.24. The van der Waals surface area contributed by atoms with E-state index in [9.17, 15) is 14.2 Å². The Balaban J connectivity index is 1.77. The minimum atomic E-state index is -3.89. The second-order valence-corrected chi connectivity index (χ2v) is 13.6. The maximum atomic E-state index is 14.0. The van der Waals surface area contributed by atoms with Crippen LogP contribution in [0.1, 0.15) is 47.1 Å². The summed E-state index contributed by atoms with van der Waals surface area (Å²) in [5.41, 5.74) is 6.11. The van der Waals surface area contributed by atoms with Crippen molar-refractivity contribution in [2.45, 2.75) is 64.9 Å². The molecule has 0 aliphatic carbocycles. The molecule has 4 N–H and O–H groups in total. The van der Waals surface area contributed by atoms with Crippen molar-refractivity contribution < 1.29 is 32.7 Å². The van der Waals surface area contributed by atoms with Gasteiger partial charge in [0.15, 0.2) is 0 Å². The molecule has 0 aliphatic heterocycles. The smallest absolute Gasteiger partial charge is 0.444 e. The van der Waals surface area contributed by atoms with E-state index in [1.807, 2.05) is 12.1 Å². The monoisotopic (exact) mass is 610 g/mol. The van der Waals surface area contributed by atoms with E-state index in [2.05, 4.69) is 15.6 Å². The number of guanidine groups is 1. The van der Waals surface area contributed by atoms with Gasteiger partial charge in [0.2, 0.25) is 5.96 Å². The van der Waals surface area contributed by atoms with E-state index in [0.29, 0.717) is 17.2 Å². The molecule has 0 heterocycles. The van der Waals surface area contributed by atoms with Crippen LogP contribution in [-0.4, -0.2) is 35.1 Å². The molecule has 3 aromatic carbocycles. The predicted octanol–water partition coefficient (Wildman–Crippen LogP) is 7.09. The van der Waals surface area contributed by atoms with Gasteiger partial charge in [-0.2, -0.15) is 0 Å². The lowest BCUT2D eigenvalue weighted by atomic mass is 10.1. The Bertz CT molecular complexity index is 1390. The van der Waals surface area contributed by atoms with Crippen LogP contribution in [0.25, 0.3) is 0 Å². The average Bonchev–Trinajstić information content (AvgIpc) is 2.88. The van der Waals surface area contributed by atoms with Crippen molar-refractivity contribution in [2.24, 2.45) is 10.7 Å². The van der Waals surface area contributed by atoms with Gasteiger partial charge in [-0.25, -0.2) is 14.2 Å². The average molecular weight is 611 g/mol. The zero-order valence-electron chi connectivity index (χ0n) is 25.2. The molecule has 11 nitrogen and oxygen atoms in total. The largest absolute Gasteiger partial charge is 0.447 e. The van der Waals surface area contributed by atoms with Gasteiger partial charge < -0.3 is 29.6 Å². The van der Waals surface area contributed by atoms with Gasteiger partial charge in [-0.15, -0.1) is 4.99 Å². The Morgan fingerprint density at radius 2 is 1.28 bits per heavy atom. The molecule has 0 aliphatic rings. The molecular formula is C31H39N4O7P. The normalized spacial score (nSPS) is 13.0. The molecular weight excluding hydrogens is 571 g/mol. The Hall–Kier alpha value is -4.34. The van der Waals surface area contributed by atoms with Gasteiger partial charge in [-0.3, -0.25) is 5.32 Å². The molecule has 12 heteroatoms. The number of nitrogens with two attached hydrogens (primary N) is 1. The summed E-state index contributed by atoms with van der Waals surface area (Å²) in [5.74, 6) is -0.466. The number of aliphatic imine (C=N–C) groups is 1. The molecule has 0 fully saturated rings. The van der Waals surface area contributed by atoms with Crippen molar-refractivity contribution in [2.75, 3.05) is 5.32 Å². The number of alkyl carbamates (subject to hydrolysis) is 1. The molecule has 1 unspecified atom stereocenters. The lowest BCUT2D eigenvalue weighted by Crippen LogP contribution is -2.40. The van der Waals surface area contributed by atoms with E-state index >= 15 is 0 Å². The van der Waals surface area contributed by atoms with Gasteiger partial charge in [-0.1, -0.05) is 48.5 Å². The maximum absolute atomic E-state index is 14.0. The number of para-hydroxylation sites is 2. The van der Waals surface area contributed by atoms with Crippen LogP contribution >= 0.6 is 7.60 Å². The number of hydrogen-bond acceptors (Lipinski definition) is 8. The van der Waals surface area contributed by atoms with Crippen LogP contribution in [0.5, 0.6) is 11.5 Å². The van der Waals surface area contributed by atoms with E-state index in [1.165, 1.54) is 0 Å². The molecule has 3 aromatic rings. The molecule has 0 saturated heterocycles. The number of carbonyl (C=O) groups is 2. The third kappa shape index (κ3) is 11.8. The number of rotatable bonds is 8. The Kier molecular flexibility index (Phi) is 11.0. The first-order valence-electron chi connectivity index (χ1n) is 13.6. The van der Waals surface area contributed by atoms with E-state index in [4.69, 9.17) is 24.3 Å². The quantitative estimate of drug-likeness (QED) is 0.138. The van der Waals surface area contributed by atoms with Crippen LogP contribution in [0, 0.1) is 0 Å². The van der Waals surface area contributed by atoms with Crippen molar-refractivity contribution in [1.82, 2.24) is 5.32 Å². The summed E-state index contributed by atoms with van der Waals surface area (Å²) in [4.78, 5) is 28.6. The number of benzene rings is 3. The zero-order valence-corrected chi connectivity index (χ0v) is 26.1. The van der Waals surface area contributed by atoms with Crippen LogP contribution in [-0.2, 0) is 20.5 Å². The highest BCUT2D eigenvalue weighted by atomic mass is 31.2. The van der Waals surface area contributed by atoms with Crippen molar-refractivity contribution in [1.29, 1.82) is 0 Å². The van der Waals surface area contributed by atoms with E-state index in [0.717, 1.165) is 5.56 Å². The fourth-order valence-electron chi connectivity index (χ4n) is 3.49. The fourth-order valence-corrected chi connectivity index (χ4v) is 5.06. The molecule has 230 valence electrons. The second kappa shape index (κ2) is 14.2. The first-order chi connectivity index (χ1) is 20.1. The maximum Gasteiger partial charge on any atom is 0.447 e. The highest BCUT2D eigenvalue weighted by Crippen LogP contribution is 2.51. The number of ether oxygens (including phenoxy) is 2. The molecule has 0 radical (unpaired) electrons. The lowest BCUT2D eigenvalue weighted by Gasteiger charge is -2.25. The molecule has 2 amide bonds. The van der Waals surface area contributed by atoms with Crippen LogP contribution in [0.15, 0.2) is 89.9 Å². The third-order valence-corrected chi connectivity index (χ3v) is 7.16. The molecule has 0 spiro atoms. The zero-order chi connectivity index (χ0) is 31.7. The molecule has 43 heavy (non-hydrogen) atoms. The fraction of sp³-hybridized carbons (Fsp3) is 0.323. The lowest BCUT2D eigenvalue weighted by molar-refractivity contribution is 0.0562. The van der Waals surface area contributed by atoms with Gasteiger partial charge in [0.05, 0.1) is 0 Å². The Morgan fingerprint density at radius 3 is 1.74 bits per heavy atom. The van der Waals surface area contributed by atoms with Gasteiger partial charge in [-0.05, 0) is 83.5 Å². The number of amides is 2. The minimum Gasteiger partial charge on any atom is -0.444 e. The summed E-state index contributed by atoms with van der Waals surface area (Å²) in [7, 11) is -3.89. The van der Waals surface area contributed by atoms with Crippen molar-refractivity contribution in [3.8, 4) is 11.5 Å². The van der Waals surface area contributed by atoms with Gasteiger partial charge in [0.1, 0.15) is 28.5 Å². The van der Waals surface area contributed by atoms with E-state index in [1.54, 1.807) is 114 Å². The predicted molar refractivity (Wildman–Crippen MR) is 167 cm³/mol. The van der Waals surface area contributed by atoms with Crippen LogP contribution in [0.4, 0.5) is 15.3 Å². The summed E-state index contributed by atoms with van der Waals surface area (Å²) in [5, 5.41) is 5.33. The molecule has 0 saturated carbocycles. The molecule has 3 rings (SSSR count). The number of nitrogens with zero attached hydrogens (tertiary/aromatic N) is 1. The highest BCUT2D eigenvalue weighted by Gasteiger charge is 2.37. The van der Waals surface area contributed by atoms with Gasteiger partial charge in [0.25, 0.3) is 0 Å². The number of carbonyl (C=O) groups excluding carboxylic acids is 2. The standard InChI is InChI=1S/C31H39N4O7P/c1-30(2,3)39-28(36)34-27(35-29(37)40-31(4,5)6)33-23-19-17-22(18-20-23)21-26(32)43(38,41-24-13-9-7-10-14-24)42-25-15-11-8-12-16-25/h7-20,26H,21,32H2,1-6H3,(H2,33,34,35,36,37). The molecule has 1 atom stereocenters. The number of hydrogen-bond donors (Lipinski definition) is 3. The highest BCUT2D eigenvalue weighted by molar-refractivity contribution is 7.55. The van der Waals surface area contributed by atoms with Gasteiger partial charge in [0, 0.05) is 12.1 Å². The molecule has 0 aromatic heterocycles. The number of anilines is 1. The summed E-state index contributed by atoms with van der Waals surface area (Å²) in [6.45, 7) is 10.2. The summed E-state index contributed by atoms with van der Waals surface area (Å²) in [6.07, 6.45) is -1.55. The molecule has 0 bridgehead atoms. The van der Waals surface area contributed by atoms with E-state index in [-0.39, 0.29) is 12.4 Å². The minimum absolute atomic E-state index is 0.159. The van der Waals surface area contributed by atoms with Crippen molar-refractivity contribution >= 4 is 31.4 Å². The Morgan fingerprint density at radius 1 is 0.791 bits per heavy atom. The SMILES string of the molecule is CC(C)(C)OC(=O)/N=C(\NC(=O)OC(C)(C)C)Nc1ccc(CC(N)P(=O)(Oc2ccccc2)Oc2ccccc2)cc1. The summed E-state index contributed by atoms with van der Waals surface area (Å²) < 4.78 is 36.2. The van der Waals surface area contributed by atoms with Crippen molar-refractivity contribution in [3.63, 3.8) is 0 Å². The van der Waals surface area contributed by atoms with E-state index < -0.39 is 36.8 Å². The second-order valence-electron chi connectivity index (χ2n) is 11.5. The van der Waals surface area contributed by atoms with Crippen LogP contribution in [0.2, 0.25) is 0 Å². The summed E-state index contributed by atoms with van der Waals surface area (Å²) >= 11 is 0.